The van der Waals surface area contributed by atoms with Crippen molar-refractivity contribution < 1.29 is 24.2 Å². The molecule has 8 nitrogen and oxygen atoms in total. The number of hydrogen-bond donors (Lipinski definition) is 3. The number of aromatic hydroxyl groups is 1. The van der Waals surface area contributed by atoms with Crippen molar-refractivity contribution in [2.75, 3.05) is 23.8 Å². The number of halogens is 1. The van der Waals surface area contributed by atoms with E-state index in [1.807, 2.05) is 38.1 Å². The van der Waals surface area contributed by atoms with Crippen LogP contribution in [0, 0.1) is 21.8 Å². The number of nitriles is 1. The molecular weight excluding hydrogens is 573 g/mol. The highest BCUT2D eigenvalue weighted by atomic mass is 127. The third-order valence-electron chi connectivity index (χ3n) is 4.78. The first-order valence-electron chi connectivity index (χ1n) is 11.0. The van der Waals surface area contributed by atoms with Gasteiger partial charge in [-0.05, 0) is 102 Å². The molecule has 0 aliphatic carbocycles. The molecule has 0 aliphatic rings. The minimum absolute atomic E-state index is 0.0667. The van der Waals surface area contributed by atoms with Crippen LogP contribution in [-0.4, -0.2) is 30.1 Å². The van der Waals surface area contributed by atoms with Crippen molar-refractivity contribution in [3.63, 3.8) is 0 Å². The van der Waals surface area contributed by atoms with Crippen LogP contribution in [0.25, 0.3) is 6.08 Å². The summed E-state index contributed by atoms with van der Waals surface area (Å²) in [6.07, 6.45) is 1.44. The number of phenols is 1. The third-order valence-corrected chi connectivity index (χ3v) is 5.58. The number of hydrogen-bond acceptors (Lipinski definition) is 6. The zero-order valence-electron chi connectivity index (χ0n) is 19.7. The number of ether oxygens (including phenoxy) is 2. The number of phenolic OH excluding ortho intramolecular Hbond substituents is 1. The molecule has 36 heavy (non-hydrogen) atoms. The van der Waals surface area contributed by atoms with Crippen LogP contribution in [0.15, 0.2) is 66.2 Å². The number of benzene rings is 3. The lowest BCUT2D eigenvalue weighted by atomic mass is 10.1. The molecule has 0 atom stereocenters. The molecule has 0 unspecified atom stereocenters. The zero-order valence-corrected chi connectivity index (χ0v) is 21.8. The second-order valence-electron chi connectivity index (χ2n) is 7.64. The maximum absolute atomic E-state index is 12.6. The van der Waals surface area contributed by atoms with Gasteiger partial charge in [-0.3, -0.25) is 9.59 Å². The zero-order chi connectivity index (χ0) is 26.1. The molecule has 0 fully saturated rings. The maximum Gasteiger partial charge on any atom is 0.266 e. The first-order chi connectivity index (χ1) is 17.3. The van der Waals surface area contributed by atoms with Gasteiger partial charge in [-0.2, -0.15) is 5.26 Å². The predicted molar refractivity (Wildman–Crippen MR) is 146 cm³/mol. The Kier molecular flexibility index (Phi) is 9.30. The summed E-state index contributed by atoms with van der Waals surface area (Å²) in [5.74, 6) is -0.0712. The van der Waals surface area contributed by atoms with Crippen molar-refractivity contribution >= 4 is 51.9 Å². The highest BCUT2D eigenvalue weighted by molar-refractivity contribution is 14.1. The molecule has 0 heterocycles. The van der Waals surface area contributed by atoms with Crippen LogP contribution in [0.3, 0.4) is 0 Å². The van der Waals surface area contributed by atoms with Crippen LogP contribution in [0.4, 0.5) is 11.4 Å². The fraction of sp³-hybridized carbons (Fsp3) is 0.148. The summed E-state index contributed by atoms with van der Waals surface area (Å²) in [5, 5.41) is 24.3. The summed E-state index contributed by atoms with van der Waals surface area (Å²) in [4.78, 5) is 25.0. The number of anilines is 2. The van der Waals surface area contributed by atoms with Gasteiger partial charge in [0.15, 0.2) is 18.1 Å². The summed E-state index contributed by atoms with van der Waals surface area (Å²) in [6.45, 7) is 3.88. The molecular formula is C27H24IN3O5. The van der Waals surface area contributed by atoms with Gasteiger partial charge in [0.1, 0.15) is 17.4 Å². The minimum atomic E-state index is -0.593. The van der Waals surface area contributed by atoms with Crippen LogP contribution in [-0.2, 0) is 9.59 Å². The quantitative estimate of drug-likeness (QED) is 0.134. The molecule has 0 aromatic heterocycles. The van der Waals surface area contributed by atoms with Gasteiger partial charge in [-0.15, -0.1) is 0 Å². The van der Waals surface area contributed by atoms with Gasteiger partial charge in [0.25, 0.3) is 11.8 Å². The van der Waals surface area contributed by atoms with Gasteiger partial charge in [0.05, 0.1) is 10.2 Å². The standard InChI is InChI=1S/C27H24IN3O5/c1-3-35-24-14-18(12-19(15-29)27(34)31-20-7-9-22(32)10-8-20)13-23(28)26(24)36-16-25(33)30-21-6-4-5-17(2)11-21/h4-14,32H,3,16H2,1-2H3,(H,30,33)(H,31,34)/b19-12+. The second-order valence-corrected chi connectivity index (χ2v) is 8.80. The van der Waals surface area contributed by atoms with E-state index in [1.165, 1.54) is 30.3 Å². The van der Waals surface area contributed by atoms with Gasteiger partial charge in [0.2, 0.25) is 0 Å². The molecule has 184 valence electrons. The van der Waals surface area contributed by atoms with Crippen LogP contribution in [0.5, 0.6) is 17.2 Å². The lowest BCUT2D eigenvalue weighted by Crippen LogP contribution is -2.20. The second kappa shape index (κ2) is 12.6. The Morgan fingerprint density at radius 3 is 2.47 bits per heavy atom. The molecule has 2 amide bonds. The molecule has 3 aromatic rings. The van der Waals surface area contributed by atoms with Gasteiger partial charge in [0, 0.05) is 11.4 Å². The van der Waals surface area contributed by atoms with Crippen LogP contribution < -0.4 is 20.1 Å². The van der Waals surface area contributed by atoms with Gasteiger partial charge in [-0.1, -0.05) is 12.1 Å². The van der Waals surface area contributed by atoms with E-state index in [9.17, 15) is 20.0 Å². The highest BCUT2D eigenvalue weighted by Crippen LogP contribution is 2.35. The number of amides is 2. The van der Waals surface area contributed by atoms with Gasteiger partial charge < -0.3 is 25.2 Å². The Morgan fingerprint density at radius 2 is 1.81 bits per heavy atom. The molecule has 9 heteroatoms. The number of aryl methyl sites for hydroxylation is 1. The first kappa shape index (κ1) is 26.6. The predicted octanol–water partition coefficient (Wildman–Crippen LogP) is 5.27. The molecule has 3 rings (SSSR count). The smallest absolute Gasteiger partial charge is 0.266 e. The first-order valence-corrected chi connectivity index (χ1v) is 12.0. The van der Waals surface area contributed by atoms with Crippen LogP contribution >= 0.6 is 22.6 Å². The van der Waals surface area contributed by atoms with Crippen molar-refractivity contribution in [2.24, 2.45) is 0 Å². The van der Waals surface area contributed by atoms with E-state index in [0.29, 0.717) is 38.6 Å². The maximum atomic E-state index is 12.6. The Morgan fingerprint density at radius 1 is 1.06 bits per heavy atom. The largest absolute Gasteiger partial charge is 0.508 e. The molecule has 3 N–H and O–H groups in total. The number of carbonyl (C=O) groups excluding carboxylic acids is 2. The number of rotatable bonds is 9. The SMILES string of the molecule is CCOc1cc(/C=C(\C#N)C(=O)Nc2ccc(O)cc2)cc(I)c1OCC(=O)Nc1cccc(C)c1. The summed E-state index contributed by atoms with van der Waals surface area (Å²) in [7, 11) is 0. The number of carbonyl (C=O) groups is 2. The Hall–Kier alpha value is -4.04. The van der Waals surface area contributed by atoms with E-state index in [2.05, 4.69) is 33.2 Å². The summed E-state index contributed by atoms with van der Waals surface area (Å²) >= 11 is 2.05. The van der Waals surface area contributed by atoms with Gasteiger partial charge in [-0.25, -0.2) is 0 Å². The van der Waals surface area contributed by atoms with Crippen molar-refractivity contribution in [1.29, 1.82) is 5.26 Å². The monoisotopic (exact) mass is 597 g/mol. The average Bonchev–Trinajstić information content (AvgIpc) is 2.83. The van der Waals surface area contributed by atoms with E-state index in [-0.39, 0.29) is 23.8 Å². The molecule has 0 saturated carbocycles. The van der Waals surface area contributed by atoms with E-state index in [1.54, 1.807) is 18.2 Å². The molecule has 0 radical (unpaired) electrons. The average molecular weight is 597 g/mol. The van der Waals surface area contributed by atoms with Gasteiger partial charge >= 0.3 is 0 Å². The van der Waals surface area contributed by atoms with Crippen molar-refractivity contribution in [2.45, 2.75) is 13.8 Å². The Labute approximate surface area is 222 Å². The fourth-order valence-corrected chi connectivity index (χ4v) is 3.97. The lowest BCUT2D eigenvalue weighted by molar-refractivity contribution is -0.118. The molecule has 0 bridgehead atoms. The molecule has 0 saturated heterocycles. The number of nitrogens with zero attached hydrogens (tertiary/aromatic N) is 1. The van der Waals surface area contributed by atoms with E-state index >= 15 is 0 Å². The Bertz CT molecular complexity index is 1330. The molecule has 0 aliphatic heterocycles. The molecule has 3 aromatic carbocycles. The highest BCUT2D eigenvalue weighted by Gasteiger charge is 2.16. The van der Waals surface area contributed by atoms with Crippen molar-refractivity contribution in [3.8, 4) is 23.3 Å². The van der Waals surface area contributed by atoms with Crippen LogP contribution in [0.2, 0.25) is 0 Å². The van der Waals surface area contributed by atoms with Crippen LogP contribution in [0.1, 0.15) is 18.1 Å². The van der Waals surface area contributed by atoms with Crippen molar-refractivity contribution in [1.82, 2.24) is 0 Å². The summed E-state index contributed by atoms with van der Waals surface area (Å²) < 4.78 is 12.1. The third kappa shape index (κ3) is 7.48. The van der Waals surface area contributed by atoms with E-state index < -0.39 is 5.91 Å². The topological polar surface area (TPSA) is 121 Å². The number of nitrogens with one attached hydrogen (secondary N) is 2. The fourth-order valence-electron chi connectivity index (χ4n) is 3.19. The summed E-state index contributed by atoms with van der Waals surface area (Å²) in [6, 6.07) is 18.6. The molecule has 0 spiro atoms. The minimum Gasteiger partial charge on any atom is -0.508 e. The normalized spacial score (nSPS) is 10.8. The van der Waals surface area contributed by atoms with Crippen molar-refractivity contribution in [3.05, 3.63) is 80.9 Å². The van der Waals surface area contributed by atoms with E-state index in [0.717, 1.165) is 5.56 Å². The van der Waals surface area contributed by atoms with E-state index in [4.69, 9.17) is 9.47 Å². The lowest BCUT2D eigenvalue weighted by Gasteiger charge is -2.15. The summed E-state index contributed by atoms with van der Waals surface area (Å²) in [5.41, 5.74) is 2.58. The Balaban J connectivity index is 1.76.